The van der Waals surface area contributed by atoms with Gasteiger partial charge in [0, 0.05) is 42.5 Å². The summed E-state index contributed by atoms with van der Waals surface area (Å²) in [6.45, 7) is 8.43. The third-order valence-corrected chi connectivity index (χ3v) is 12.1. The molecule has 1 N–H and O–H groups in total. The highest BCUT2D eigenvalue weighted by Gasteiger charge is 2.31. The molecule has 4 aromatic heterocycles. The predicted molar refractivity (Wildman–Crippen MR) is 274 cm³/mol. The number of hydrogen-bond acceptors (Lipinski definition) is 11. The Labute approximate surface area is 421 Å². The molecule has 2 aliphatic heterocycles. The quantitative estimate of drug-likeness (QED) is 0.0921. The summed E-state index contributed by atoms with van der Waals surface area (Å²) in [6.07, 6.45) is 19.6. The zero-order valence-corrected chi connectivity index (χ0v) is 39.9. The molecule has 2 saturated heterocycles. The van der Waals surface area contributed by atoms with Crippen molar-refractivity contribution < 1.29 is 37.3 Å². The minimum atomic E-state index is -0.555. The Morgan fingerprint density at radius 1 is 0.681 bits per heavy atom. The van der Waals surface area contributed by atoms with Crippen molar-refractivity contribution in [1.29, 1.82) is 0 Å². The monoisotopic (exact) mass is 996 g/mol. The third kappa shape index (κ3) is 11.6. The molecule has 2 fully saturated rings. The number of fused-ring (bicyclic) bond motifs is 2. The summed E-state index contributed by atoms with van der Waals surface area (Å²) in [4.78, 5) is 42.4. The van der Waals surface area contributed by atoms with Crippen molar-refractivity contribution in [3.63, 3.8) is 0 Å². The predicted octanol–water partition coefficient (Wildman–Crippen LogP) is 12.3. The van der Waals surface area contributed by atoms with E-state index in [4.69, 9.17) is 40.5 Å². The molecule has 14 nitrogen and oxygen atoms in total. The molecule has 2 aliphatic rings. The first kappa shape index (κ1) is 51.9. The summed E-state index contributed by atoms with van der Waals surface area (Å²) in [6, 6.07) is 24.4. The summed E-state index contributed by atoms with van der Waals surface area (Å²) >= 11 is 4.71. The van der Waals surface area contributed by atoms with Gasteiger partial charge in [0.05, 0.1) is 61.1 Å². The minimum Gasteiger partial charge on any atom is -0.494 e. The molecule has 0 radical (unpaired) electrons. The molecule has 2 atom stereocenters. The fraction of sp³-hybridized carbons (Fsp3) is 0.236. The van der Waals surface area contributed by atoms with E-state index in [1.807, 2.05) is 64.3 Å². The maximum Gasteiger partial charge on any atom is 0.246 e. The molecule has 0 bridgehead atoms. The van der Waals surface area contributed by atoms with E-state index < -0.39 is 16.9 Å². The number of aromatic nitrogens is 6. The average Bonchev–Trinajstić information content (AvgIpc) is 4.00. The van der Waals surface area contributed by atoms with Crippen LogP contribution in [-0.2, 0) is 9.59 Å². The highest BCUT2D eigenvalue weighted by atomic mass is 35.5. The number of benzene rings is 4. The second-order valence-electron chi connectivity index (χ2n) is 16.4. The van der Waals surface area contributed by atoms with Crippen LogP contribution in [0.15, 0.2) is 147 Å². The van der Waals surface area contributed by atoms with Crippen LogP contribution in [-0.4, -0.2) is 72.1 Å². The largest absolute Gasteiger partial charge is 0.494 e. The van der Waals surface area contributed by atoms with E-state index in [1.54, 1.807) is 61.1 Å². The topological polar surface area (TPSA) is 147 Å². The summed E-state index contributed by atoms with van der Waals surface area (Å²) in [7, 11) is 2.84. The van der Waals surface area contributed by atoms with Crippen molar-refractivity contribution in [2.45, 2.75) is 58.0 Å². The van der Waals surface area contributed by atoms with Crippen LogP contribution >= 0.6 is 11.6 Å². The Kier molecular flexibility index (Phi) is 17.5. The number of carbonyl (C=O) groups excluding carboxylic acids is 2. The summed E-state index contributed by atoms with van der Waals surface area (Å²) in [5, 5.41) is 3.06. The second-order valence-corrected chi connectivity index (χ2v) is 16.7. The molecule has 17 heteroatoms. The number of carbonyl (C=O) groups is 2. The first-order chi connectivity index (χ1) is 34.6. The van der Waals surface area contributed by atoms with Crippen molar-refractivity contribution in [1.82, 2.24) is 39.0 Å². The van der Waals surface area contributed by atoms with Crippen molar-refractivity contribution >= 4 is 33.8 Å². The number of piperidine rings is 2. The van der Waals surface area contributed by atoms with Crippen molar-refractivity contribution in [2.24, 2.45) is 0 Å². The lowest BCUT2D eigenvalue weighted by atomic mass is 10.0. The van der Waals surface area contributed by atoms with Gasteiger partial charge in [0.25, 0.3) is 0 Å². The van der Waals surface area contributed by atoms with Gasteiger partial charge in [-0.1, -0.05) is 39.1 Å². The van der Waals surface area contributed by atoms with E-state index in [2.05, 4.69) is 32.8 Å². The summed E-state index contributed by atoms with van der Waals surface area (Å²) < 4.78 is 54.5. The molecule has 4 aromatic carbocycles. The molecule has 372 valence electrons. The van der Waals surface area contributed by atoms with Gasteiger partial charge in [-0.3, -0.25) is 28.4 Å². The number of likely N-dealkylation sites (tertiary alicyclic amines) is 1. The Hall–Kier alpha value is -7.95. The number of nitrogens with zero attached hydrogens (tertiary/aromatic N) is 7. The van der Waals surface area contributed by atoms with Crippen LogP contribution in [0, 0.1) is 11.6 Å². The van der Waals surface area contributed by atoms with Crippen LogP contribution in [0.2, 0.25) is 0 Å². The van der Waals surface area contributed by atoms with Gasteiger partial charge in [-0.05, 0) is 135 Å². The highest BCUT2D eigenvalue weighted by Crippen LogP contribution is 2.37. The first-order valence-corrected chi connectivity index (χ1v) is 23.3. The van der Waals surface area contributed by atoms with E-state index in [-0.39, 0.29) is 48.4 Å². The molecule has 6 heterocycles. The van der Waals surface area contributed by atoms with Gasteiger partial charge in [-0.25, -0.2) is 9.97 Å². The van der Waals surface area contributed by atoms with Gasteiger partial charge in [-0.15, -0.1) is 0 Å². The maximum absolute atomic E-state index is 14.5. The normalized spacial score (nSPS) is 15.2. The van der Waals surface area contributed by atoms with Crippen LogP contribution in [0.25, 0.3) is 33.5 Å². The van der Waals surface area contributed by atoms with Gasteiger partial charge in [0.15, 0.2) is 23.0 Å². The number of methoxy groups -OCH3 is 2. The lowest BCUT2D eigenvalue weighted by molar-refractivity contribution is -0.129. The number of allylic oxidation sites excluding steroid dienone is 1. The molecule has 72 heavy (non-hydrogen) atoms. The highest BCUT2D eigenvalue weighted by molar-refractivity contribution is 6.66. The Bertz CT molecular complexity index is 3160. The molecular weight excluding hydrogens is 942 g/mol. The van der Waals surface area contributed by atoms with Crippen molar-refractivity contribution in [3.8, 4) is 57.0 Å². The third-order valence-electron chi connectivity index (χ3n) is 12.0. The number of imidazole rings is 2. The minimum absolute atomic E-state index is 0. The molecule has 0 spiro atoms. The number of ether oxygens (including phenoxy) is 4. The number of rotatable bonds is 12. The van der Waals surface area contributed by atoms with Crippen molar-refractivity contribution in [3.05, 3.63) is 171 Å². The van der Waals surface area contributed by atoms with Crippen LogP contribution in [0.1, 0.15) is 69.7 Å². The standard InChI is InChI=1S/C27H25FN4O3.C24H23FN4O2.C3H3ClO.CH4/c1-3-24(33)31-15-5-4-7-20(31)27-30-26(21-17-29-14-16-32(21)27)18-10-12-19(13-11-18)35-23-9-6-8-22(34-2)25(23)28;1-30-20-6-4-7-21(22(20)25)31-17-10-8-16(9-11-17)23-19-15-26-13-14-29(19)24(28-23)18-5-2-3-12-27-18;1-2-3(4)5;/h3,6,8-14,16-17,20H,1,4-5,7,15H2,2H3;4,6-11,13-15,18,27H,2-3,5,12H2,1H3;2H,1H2;1H4/t20-;18-;;/m00../s1. The van der Waals surface area contributed by atoms with Gasteiger partial charge >= 0.3 is 0 Å². The summed E-state index contributed by atoms with van der Waals surface area (Å²) in [5.41, 5.74) is 5.23. The van der Waals surface area contributed by atoms with E-state index >= 15 is 0 Å². The fourth-order valence-electron chi connectivity index (χ4n) is 8.55. The maximum atomic E-state index is 14.5. The van der Waals surface area contributed by atoms with Crippen LogP contribution in [0.5, 0.6) is 34.5 Å². The smallest absolute Gasteiger partial charge is 0.246 e. The Morgan fingerprint density at radius 2 is 1.17 bits per heavy atom. The fourth-order valence-corrected chi connectivity index (χ4v) is 8.55. The molecule has 0 saturated carbocycles. The zero-order valence-electron chi connectivity index (χ0n) is 39.1. The summed E-state index contributed by atoms with van der Waals surface area (Å²) in [5.74, 6) is 2.13. The Balaban J connectivity index is 0.000000192. The molecule has 8 aromatic rings. The van der Waals surface area contributed by atoms with Crippen LogP contribution < -0.4 is 24.3 Å². The van der Waals surface area contributed by atoms with E-state index in [9.17, 15) is 18.4 Å². The average molecular weight is 998 g/mol. The molecule has 1 amide bonds. The van der Waals surface area contributed by atoms with E-state index in [0.29, 0.717) is 18.0 Å². The number of hydrogen-bond donors (Lipinski definition) is 1. The van der Waals surface area contributed by atoms with Crippen LogP contribution in [0.3, 0.4) is 0 Å². The second kappa shape index (κ2) is 24.3. The number of nitrogens with one attached hydrogen (secondary N) is 1. The van der Waals surface area contributed by atoms with Gasteiger partial charge < -0.3 is 29.2 Å². The number of halogens is 3. The van der Waals surface area contributed by atoms with Crippen molar-refractivity contribution in [2.75, 3.05) is 27.3 Å². The lowest BCUT2D eigenvalue weighted by Crippen LogP contribution is -2.38. The first-order valence-electron chi connectivity index (χ1n) is 23.0. The van der Waals surface area contributed by atoms with Gasteiger partial charge in [0.1, 0.15) is 23.1 Å². The van der Waals surface area contributed by atoms with Crippen LogP contribution in [0.4, 0.5) is 8.78 Å². The number of amides is 1. The lowest BCUT2D eigenvalue weighted by Gasteiger charge is -2.34. The SMILES string of the molecule is C.C=CC(=O)Cl.C=CC(=O)N1CCCC[C@H]1c1nc(-c2ccc(Oc3cccc(OC)c3F)cc2)c2cnccn12.COc1cccc(Oc2ccc(-c3nc([C@@H]4CCCCN4)n4ccncc34)cc2)c1F. The molecular formula is C55H55ClF2N8O6. The molecule has 10 rings (SSSR count). The van der Waals surface area contributed by atoms with E-state index in [0.717, 1.165) is 83.5 Å². The van der Waals surface area contributed by atoms with Gasteiger partial charge in [-0.2, -0.15) is 8.78 Å². The van der Waals surface area contributed by atoms with Gasteiger partial charge in [0.2, 0.25) is 22.8 Å². The molecule has 0 aliphatic carbocycles. The molecule has 0 unspecified atom stereocenters. The van der Waals surface area contributed by atoms with E-state index in [1.165, 1.54) is 39.2 Å². The zero-order chi connectivity index (χ0) is 49.9. The Morgan fingerprint density at radius 3 is 1.64 bits per heavy atom.